The normalized spacial score (nSPS) is 20.0. The number of amides is 1. The molecule has 2 aliphatic heterocycles. The van der Waals surface area contributed by atoms with E-state index in [0.29, 0.717) is 63.5 Å². The predicted octanol–water partition coefficient (Wildman–Crippen LogP) is 4.11. The van der Waals surface area contributed by atoms with E-state index in [1.165, 1.54) is 6.92 Å². The van der Waals surface area contributed by atoms with E-state index < -0.39 is 28.5 Å². The average Bonchev–Trinajstić information content (AvgIpc) is 3.15. The van der Waals surface area contributed by atoms with E-state index in [-0.39, 0.29) is 11.6 Å². The molecule has 0 aliphatic carbocycles. The largest absolute Gasteiger partial charge is 0.436 e. The number of hydrogen-bond donors (Lipinski definition) is 0. The van der Waals surface area contributed by atoms with Gasteiger partial charge in [-0.3, -0.25) is 14.5 Å². The Hall–Kier alpha value is -2.14. The number of carbonyl (C=O) groups excluding carboxylic acids is 2. The summed E-state index contributed by atoms with van der Waals surface area (Å²) in [6, 6.07) is 7.14. The van der Waals surface area contributed by atoms with Gasteiger partial charge < -0.3 is 9.64 Å². The molecule has 1 amide bonds. The number of halogens is 5. The lowest BCUT2D eigenvalue weighted by Crippen LogP contribution is -2.56. The number of morpholine rings is 1. The Labute approximate surface area is 210 Å². The van der Waals surface area contributed by atoms with Gasteiger partial charge in [0.25, 0.3) is 0 Å². The van der Waals surface area contributed by atoms with Crippen molar-refractivity contribution in [1.82, 2.24) is 19.6 Å². The van der Waals surface area contributed by atoms with Crippen molar-refractivity contribution in [3.05, 3.63) is 51.3 Å². The minimum absolute atomic E-state index is 0.0249. The second-order valence-corrected chi connectivity index (χ2v) is 9.58. The monoisotopic (exact) mass is 532 g/mol. The van der Waals surface area contributed by atoms with Gasteiger partial charge in [-0.1, -0.05) is 35.3 Å². The molecule has 3 heterocycles. The van der Waals surface area contributed by atoms with Gasteiger partial charge in [-0.2, -0.15) is 18.3 Å². The van der Waals surface area contributed by atoms with Crippen LogP contribution >= 0.6 is 23.2 Å². The van der Waals surface area contributed by atoms with E-state index in [9.17, 15) is 22.8 Å². The summed E-state index contributed by atoms with van der Waals surface area (Å²) in [7, 11) is 0. The summed E-state index contributed by atoms with van der Waals surface area (Å²) in [6.45, 7) is 3.87. The predicted molar refractivity (Wildman–Crippen MR) is 123 cm³/mol. The molecular weight excluding hydrogens is 508 g/mol. The third-order valence-electron chi connectivity index (χ3n) is 6.85. The number of piperidine rings is 1. The van der Waals surface area contributed by atoms with Crippen molar-refractivity contribution >= 4 is 35.4 Å². The second kappa shape index (κ2) is 10.1. The molecule has 2 aliphatic rings. The molecule has 0 saturated carbocycles. The lowest BCUT2D eigenvalue weighted by Gasteiger charge is -2.45. The van der Waals surface area contributed by atoms with Gasteiger partial charge in [0.2, 0.25) is 5.91 Å². The van der Waals surface area contributed by atoms with Crippen molar-refractivity contribution in [2.75, 3.05) is 39.4 Å². The number of likely N-dealkylation sites (tertiary alicyclic amines) is 1. The Kier molecular flexibility index (Phi) is 7.47. The molecule has 0 spiro atoms. The average molecular weight is 533 g/mol. The maximum atomic E-state index is 13.8. The highest BCUT2D eigenvalue weighted by Gasteiger charge is 2.47. The fraction of sp³-hybridized carbons (Fsp3) is 0.522. The van der Waals surface area contributed by atoms with Crippen LogP contribution in [0.25, 0.3) is 0 Å². The number of carbonyl (C=O) groups is 2. The van der Waals surface area contributed by atoms with E-state index in [2.05, 4.69) is 5.10 Å². The van der Waals surface area contributed by atoms with Crippen LogP contribution in [0.15, 0.2) is 24.3 Å². The highest BCUT2D eigenvalue weighted by Crippen LogP contribution is 2.41. The number of hydrogen-bond acceptors (Lipinski definition) is 5. The maximum Gasteiger partial charge on any atom is 0.436 e. The number of alkyl halides is 3. The lowest BCUT2D eigenvalue weighted by atomic mass is 9.71. The summed E-state index contributed by atoms with van der Waals surface area (Å²) >= 11 is 12.0. The summed E-state index contributed by atoms with van der Waals surface area (Å²) in [5.74, 6) is -0.0249. The first-order valence-corrected chi connectivity index (χ1v) is 12.0. The van der Waals surface area contributed by atoms with Crippen molar-refractivity contribution in [1.29, 1.82) is 0 Å². The molecular formula is C23H25Cl2F3N4O3. The molecule has 1 unspecified atom stereocenters. The van der Waals surface area contributed by atoms with Crippen molar-refractivity contribution in [3.63, 3.8) is 0 Å². The third-order valence-corrected chi connectivity index (χ3v) is 7.55. The zero-order valence-electron chi connectivity index (χ0n) is 19.0. The van der Waals surface area contributed by atoms with Crippen molar-refractivity contribution in [2.45, 2.75) is 37.5 Å². The quantitative estimate of drug-likeness (QED) is 0.542. The first-order valence-electron chi connectivity index (χ1n) is 11.2. The standard InChI is InChI=1S/C23H25Cl2F3N4O3/c1-15-19(25)20(23(26,27)28)29-32(15)18(14-33)30-8-6-22(7-9-30,16-2-4-17(24)5-3-16)21(34)31-10-12-35-13-11-31/h2-5,14,18H,6-13H2,1H3. The van der Waals surface area contributed by atoms with Crippen LogP contribution in [0.5, 0.6) is 0 Å². The van der Waals surface area contributed by atoms with Crippen LogP contribution in [0.2, 0.25) is 10.0 Å². The maximum absolute atomic E-state index is 13.8. The topological polar surface area (TPSA) is 67.7 Å². The molecule has 2 fully saturated rings. The number of aromatic nitrogens is 2. The van der Waals surface area contributed by atoms with Gasteiger partial charge >= 0.3 is 6.18 Å². The minimum atomic E-state index is -4.74. The molecule has 0 bridgehead atoms. The van der Waals surface area contributed by atoms with E-state index in [1.807, 2.05) is 12.1 Å². The Morgan fingerprint density at radius 1 is 1.11 bits per heavy atom. The van der Waals surface area contributed by atoms with E-state index in [4.69, 9.17) is 27.9 Å². The van der Waals surface area contributed by atoms with Crippen molar-refractivity contribution < 1.29 is 27.5 Å². The Balaban J connectivity index is 1.62. The molecule has 1 aromatic heterocycles. The summed E-state index contributed by atoms with van der Waals surface area (Å²) in [6.07, 6.45) is -4.53. The van der Waals surface area contributed by atoms with Crippen molar-refractivity contribution in [2.24, 2.45) is 0 Å². The fourth-order valence-electron chi connectivity index (χ4n) is 4.87. The van der Waals surface area contributed by atoms with Crippen LogP contribution in [0, 0.1) is 6.92 Å². The molecule has 1 atom stereocenters. The Morgan fingerprint density at radius 2 is 1.71 bits per heavy atom. The molecule has 4 rings (SSSR count). The molecule has 12 heteroatoms. The molecule has 2 saturated heterocycles. The number of nitrogens with zero attached hydrogens (tertiary/aromatic N) is 4. The van der Waals surface area contributed by atoms with Gasteiger partial charge in [0.1, 0.15) is 0 Å². The fourth-order valence-corrected chi connectivity index (χ4v) is 5.23. The Bertz CT molecular complexity index is 1080. The van der Waals surface area contributed by atoms with Crippen LogP contribution in [-0.4, -0.2) is 71.2 Å². The second-order valence-electron chi connectivity index (χ2n) is 8.77. The first kappa shape index (κ1) is 25.9. The highest BCUT2D eigenvalue weighted by molar-refractivity contribution is 6.32. The smallest absolute Gasteiger partial charge is 0.378 e. The molecule has 0 radical (unpaired) electrons. The Morgan fingerprint density at radius 3 is 2.23 bits per heavy atom. The van der Waals surface area contributed by atoms with E-state index in [1.54, 1.807) is 21.9 Å². The summed E-state index contributed by atoms with van der Waals surface area (Å²) in [4.78, 5) is 29.3. The zero-order chi connectivity index (χ0) is 25.4. The summed E-state index contributed by atoms with van der Waals surface area (Å²) in [5.41, 5.74) is -1.20. The van der Waals surface area contributed by atoms with Crippen LogP contribution in [0.1, 0.15) is 36.0 Å². The van der Waals surface area contributed by atoms with Gasteiger partial charge in [0, 0.05) is 31.2 Å². The summed E-state index contributed by atoms with van der Waals surface area (Å²) < 4.78 is 46.3. The van der Waals surface area contributed by atoms with Gasteiger partial charge in [-0.05, 0) is 37.5 Å². The van der Waals surface area contributed by atoms with E-state index >= 15 is 0 Å². The van der Waals surface area contributed by atoms with Crippen LogP contribution in [0.4, 0.5) is 13.2 Å². The lowest BCUT2D eigenvalue weighted by molar-refractivity contribution is -0.145. The minimum Gasteiger partial charge on any atom is -0.378 e. The molecule has 190 valence electrons. The van der Waals surface area contributed by atoms with Crippen LogP contribution in [-0.2, 0) is 25.9 Å². The molecule has 2 aromatic rings. The number of benzene rings is 1. The number of ether oxygens (including phenoxy) is 1. The summed E-state index contributed by atoms with van der Waals surface area (Å²) in [5, 5.41) is 3.64. The SMILES string of the molecule is Cc1c(Cl)c(C(F)(F)F)nn1C(C=O)N1CCC(C(=O)N2CCOCC2)(c2ccc(Cl)cc2)CC1. The third kappa shape index (κ3) is 4.94. The van der Waals surface area contributed by atoms with Crippen LogP contribution in [0.3, 0.4) is 0 Å². The molecule has 7 nitrogen and oxygen atoms in total. The number of aldehydes is 1. The molecule has 1 aromatic carbocycles. The van der Waals surface area contributed by atoms with Gasteiger partial charge in [-0.15, -0.1) is 0 Å². The van der Waals surface area contributed by atoms with Gasteiger partial charge in [0.15, 0.2) is 18.1 Å². The van der Waals surface area contributed by atoms with E-state index in [0.717, 1.165) is 10.2 Å². The van der Waals surface area contributed by atoms with Crippen molar-refractivity contribution in [3.8, 4) is 0 Å². The van der Waals surface area contributed by atoms with Gasteiger partial charge in [0.05, 0.1) is 29.3 Å². The van der Waals surface area contributed by atoms with Gasteiger partial charge in [-0.25, -0.2) is 4.68 Å². The van der Waals surface area contributed by atoms with Crippen LogP contribution < -0.4 is 0 Å². The number of rotatable bonds is 5. The zero-order valence-corrected chi connectivity index (χ0v) is 20.5. The molecule has 35 heavy (non-hydrogen) atoms. The molecule has 0 N–H and O–H groups in total. The highest BCUT2D eigenvalue weighted by atomic mass is 35.5. The first-order chi connectivity index (χ1) is 16.6.